The van der Waals surface area contributed by atoms with Gasteiger partial charge in [0.05, 0.1) is 42.6 Å². The summed E-state index contributed by atoms with van der Waals surface area (Å²) in [7, 11) is 0. The number of benzene rings is 1. The molecular weight excluding hydrogens is 358 g/mol. The fourth-order valence-corrected chi connectivity index (χ4v) is 3.86. The maximum atomic E-state index is 12.6. The quantitative estimate of drug-likeness (QED) is 0.621. The highest BCUT2D eigenvalue weighted by Gasteiger charge is 2.29. The summed E-state index contributed by atoms with van der Waals surface area (Å²) >= 11 is 1.43. The van der Waals surface area contributed by atoms with Gasteiger partial charge in [0.2, 0.25) is 5.91 Å². The first-order valence-corrected chi connectivity index (χ1v) is 10.00. The van der Waals surface area contributed by atoms with Gasteiger partial charge < -0.3 is 9.47 Å². The Balaban J connectivity index is 1.70. The van der Waals surface area contributed by atoms with Crippen LogP contribution in [0.5, 0.6) is 0 Å². The van der Waals surface area contributed by atoms with Gasteiger partial charge in [-0.2, -0.15) is 10.5 Å². The van der Waals surface area contributed by atoms with E-state index in [-0.39, 0.29) is 24.5 Å². The molecule has 0 unspecified atom stereocenters. The third-order valence-electron chi connectivity index (χ3n) is 4.41. The summed E-state index contributed by atoms with van der Waals surface area (Å²) in [5.74, 6) is 0.201. The van der Waals surface area contributed by atoms with Gasteiger partial charge in [0.15, 0.2) is 5.16 Å². The predicted octanol–water partition coefficient (Wildman–Crippen LogP) is 3.63. The third kappa shape index (κ3) is 4.90. The van der Waals surface area contributed by atoms with Gasteiger partial charge in [-0.05, 0) is 18.4 Å². The van der Waals surface area contributed by atoms with E-state index in [1.54, 1.807) is 4.90 Å². The van der Waals surface area contributed by atoms with Gasteiger partial charge in [-0.25, -0.2) is 4.98 Å². The van der Waals surface area contributed by atoms with E-state index in [2.05, 4.69) is 33.8 Å². The fourth-order valence-electron chi connectivity index (χ4n) is 2.91. The molecule has 0 spiro atoms. The second-order valence-corrected chi connectivity index (χ2v) is 7.32. The zero-order chi connectivity index (χ0) is 19.1. The lowest BCUT2D eigenvalue weighted by Crippen LogP contribution is -2.34. The van der Waals surface area contributed by atoms with Crippen molar-refractivity contribution in [2.45, 2.75) is 36.9 Å². The molecule has 0 radical (unpaired) electrons. The molecule has 6 nitrogen and oxygen atoms in total. The summed E-state index contributed by atoms with van der Waals surface area (Å²) in [6, 6.07) is 14.7. The van der Waals surface area contributed by atoms with Gasteiger partial charge in [-0.1, -0.05) is 42.1 Å². The number of amides is 1. The molecule has 2 aromatic rings. The van der Waals surface area contributed by atoms with Crippen molar-refractivity contribution >= 4 is 17.7 Å². The second-order valence-electron chi connectivity index (χ2n) is 6.38. The number of imidazole rings is 1. The Bertz CT molecular complexity index is 843. The molecular formula is C20H21N5OS. The molecule has 1 saturated carbocycles. The van der Waals surface area contributed by atoms with Gasteiger partial charge in [0.1, 0.15) is 0 Å². The smallest absolute Gasteiger partial charge is 0.233 e. The number of carbonyl (C=O) groups excluding carboxylic acids is 1. The number of nitriles is 2. The van der Waals surface area contributed by atoms with Crippen LogP contribution < -0.4 is 0 Å². The molecule has 1 amide bonds. The Kier molecular flexibility index (Phi) is 6.51. The molecule has 0 aliphatic heterocycles. The van der Waals surface area contributed by atoms with Crippen LogP contribution in [0.2, 0.25) is 0 Å². The molecule has 27 heavy (non-hydrogen) atoms. The molecule has 1 fully saturated rings. The summed E-state index contributed by atoms with van der Waals surface area (Å²) in [6.07, 6.45) is 4.69. The highest BCUT2D eigenvalue weighted by Crippen LogP contribution is 2.41. The maximum absolute atomic E-state index is 12.6. The van der Waals surface area contributed by atoms with Crippen molar-refractivity contribution in [2.24, 2.45) is 0 Å². The summed E-state index contributed by atoms with van der Waals surface area (Å²) in [4.78, 5) is 18.7. The molecule has 0 bridgehead atoms. The van der Waals surface area contributed by atoms with E-state index in [1.165, 1.54) is 11.8 Å². The molecule has 1 aromatic heterocycles. The average molecular weight is 379 g/mol. The third-order valence-corrected chi connectivity index (χ3v) is 5.36. The number of hydrogen-bond acceptors (Lipinski definition) is 5. The fraction of sp³-hybridized carbons (Fsp3) is 0.400. The van der Waals surface area contributed by atoms with Crippen LogP contribution in [0.3, 0.4) is 0 Å². The molecule has 1 heterocycles. The largest absolute Gasteiger partial charge is 0.340 e. The Morgan fingerprint density at radius 3 is 2.44 bits per heavy atom. The zero-order valence-electron chi connectivity index (χ0n) is 15.0. The molecule has 0 saturated heterocycles. The van der Waals surface area contributed by atoms with E-state index in [9.17, 15) is 4.79 Å². The standard InChI is InChI=1S/C20H21N5OS/c21-10-4-12-24(13-5-11-22)19(26)15-27-20-23-14-18(25(20)17-8-9-17)16-6-2-1-3-7-16/h1-3,6-7,14,17H,4-5,8-9,12-13,15H2. The number of carbonyl (C=O) groups is 1. The minimum Gasteiger partial charge on any atom is -0.340 e. The Labute approximate surface area is 163 Å². The van der Waals surface area contributed by atoms with Crippen LogP contribution >= 0.6 is 11.8 Å². The van der Waals surface area contributed by atoms with E-state index >= 15 is 0 Å². The van der Waals surface area contributed by atoms with Crippen molar-refractivity contribution in [3.63, 3.8) is 0 Å². The van der Waals surface area contributed by atoms with Crippen molar-refractivity contribution < 1.29 is 4.79 Å². The van der Waals surface area contributed by atoms with Gasteiger partial charge in [0.25, 0.3) is 0 Å². The number of nitrogens with zero attached hydrogens (tertiary/aromatic N) is 5. The SMILES string of the molecule is N#CCCN(CCC#N)C(=O)CSc1ncc(-c2ccccc2)n1C1CC1. The number of rotatable bonds is 9. The first-order valence-electron chi connectivity index (χ1n) is 9.01. The van der Waals surface area contributed by atoms with Crippen molar-refractivity contribution in [2.75, 3.05) is 18.8 Å². The number of hydrogen-bond donors (Lipinski definition) is 0. The van der Waals surface area contributed by atoms with Crippen LogP contribution in [0.4, 0.5) is 0 Å². The van der Waals surface area contributed by atoms with Crippen LogP contribution in [0.15, 0.2) is 41.7 Å². The van der Waals surface area contributed by atoms with E-state index in [1.807, 2.05) is 24.4 Å². The van der Waals surface area contributed by atoms with E-state index in [0.29, 0.717) is 19.1 Å². The van der Waals surface area contributed by atoms with Crippen LogP contribution in [0.25, 0.3) is 11.3 Å². The predicted molar refractivity (Wildman–Crippen MR) is 104 cm³/mol. The average Bonchev–Trinajstić information content (AvgIpc) is 3.46. The van der Waals surface area contributed by atoms with Crippen molar-refractivity contribution in [3.05, 3.63) is 36.5 Å². The molecule has 3 rings (SSSR count). The minimum absolute atomic E-state index is 0.0582. The normalized spacial score (nSPS) is 13.0. The maximum Gasteiger partial charge on any atom is 0.233 e. The summed E-state index contributed by atoms with van der Waals surface area (Å²) in [5, 5.41) is 18.4. The molecule has 0 atom stereocenters. The van der Waals surface area contributed by atoms with Crippen LogP contribution in [0.1, 0.15) is 31.7 Å². The van der Waals surface area contributed by atoms with E-state index in [4.69, 9.17) is 10.5 Å². The molecule has 138 valence electrons. The van der Waals surface area contributed by atoms with Gasteiger partial charge in [0, 0.05) is 19.1 Å². The van der Waals surface area contributed by atoms with Crippen LogP contribution in [-0.2, 0) is 4.79 Å². The lowest BCUT2D eigenvalue weighted by Gasteiger charge is -2.20. The number of thioether (sulfide) groups is 1. The van der Waals surface area contributed by atoms with Gasteiger partial charge in [-0.3, -0.25) is 4.79 Å². The minimum atomic E-state index is -0.0582. The molecule has 1 aliphatic carbocycles. The van der Waals surface area contributed by atoms with Crippen LogP contribution in [-0.4, -0.2) is 39.2 Å². The second kappa shape index (κ2) is 9.25. The highest BCUT2D eigenvalue weighted by molar-refractivity contribution is 7.99. The van der Waals surface area contributed by atoms with Crippen molar-refractivity contribution in [1.29, 1.82) is 10.5 Å². The van der Waals surface area contributed by atoms with Crippen molar-refractivity contribution in [1.82, 2.24) is 14.5 Å². The Hall–Kier alpha value is -2.77. The lowest BCUT2D eigenvalue weighted by molar-refractivity contribution is -0.128. The monoisotopic (exact) mass is 379 g/mol. The summed E-state index contributed by atoms with van der Waals surface area (Å²) in [5.41, 5.74) is 2.21. The Morgan fingerprint density at radius 2 is 1.85 bits per heavy atom. The molecule has 7 heteroatoms. The molecule has 1 aliphatic rings. The van der Waals surface area contributed by atoms with Gasteiger partial charge in [-0.15, -0.1) is 0 Å². The first kappa shape index (κ1) is 19.0. The van der Waals surface area contributed by atoms with Crippen LogP contribution in [0, 0.1) is 22.7 Å². The zero-order valence-corrected chi connectivity index (χ0v) is 15.9. The van der Waals surface area contributed by atoms with E-state index < -0.39 is 0 Å². The number of aromatic nitrogens is 2. The molecule has 0 N–H and O–H groups in total. The first-order chi connectivity index (χ1) is 13.2. The lowest BCUT2D eigenvalue weighted by atomic mass is 10.2. The van der Waals surface area contributed by atoms with Crippen molar-refractivity contribution in [3.8, 4) is 23.4 Å². The van der Waals surface area contributed by atoms with E-state index in [0.717, 1.165) is 29.3 Å². The topological polar surface area (TPSA) is 85.7 Å². The summed E-state index contributed by atoms with van der Waals surface area (Å²) in [6.45, 7) is 0.730. The highest BCUT2D eigenvalue weighted by atomic mass is 32.2. The van der Waals surface area contributed by atoms with Gasteiger partial charge >= 0.3 is 0 Å². The molecule has 1 aromatic carbocycles. The summed E-state index contributed by atoms with van der Waals surface area (Å²) < 4.78 is 2.24. The Morgan fingerprint density at radius 1 is 1.19 bits per heavy atom.